The first-order valence-corrected chi connectivity index (χ1v) is 6.03. The molecule has 0 unspecified atom stereocenters. The van der Waals surface area contributed by atoms with Crippen LogP contribution in [0.5, 0.6) is 11.5 Å². The summed E-state index contributed by atoms with van der Waals surface area (Å²) in [6.45, 7) is 1.95. The maximum Gasteiger partial charge on any atom is 0.196 e. The molecule has 0 N–H and O–H groups in total. The van der Waals surface area contributed by atoms with E-state index in [1.54, 1.807) is 38.5 Å². The van der Waals surface area contributed by atoms with Gasteiger partial charge in [0.05, 0.1) is 26.0 Å². The summed E-state index contributed by atoms with van der Waals surface area (Å²) in [5, 5.41) is 0. The van der Waals surface area contributed by atoms with Crippen molar-refractivity contribution >= 4 is 5.78 Å². The van der Waals surface area contributed by atoms with E-state index in [2.05, 4.69) is 0 Å². The van der Waals surface area contributed by atoms with Crippen LogP contribution < -0.4 is 9.47 Å². The molecule has 0 bridgehead atoms. The van der Waals surface area contributed by atoms with Gasteiger partial charge in [0.2, 0.25) is 0 Å². The van der Waals surface area contributed by atoms with Crippen molar-refractivity contribution in [2.45, 2.75) is 13.3 Å². The molecule has 0 atom stereocenters. The fraction of sp³-hybridized carbons (Fsp3) is 0.267. The van der Waals surface area contributed by atoms with E-state index in [0.29, 0.717) is 34.8 Å². The molecule has 0 radical (unpaired) electrons. The lowest BCUT2D eigenvalue weighted by Gasteiger charge is -2.07. The Hall–Kier alpha value is -2.23. The highest BCUT2D eigenvalue weighted by Gasteiger charge is 2.17. The van der Waals surface area contributed by atoms with Gasteiger partial charge in [-0.2, -0.15) is 0 Å². The highest BCUT2D eigenvalue weighted by atomic mass is 16.5. The second-order valence-corrected chi connectivity index (χ2v) is 4.04. The van der Waals surface area contributed by atoms with Crippen molar-refractivity contribution in [2.75, 3.05) is 14.2 Å². The average molecular weight is 260 g/mol. The Morgan fingerprint density at radius 1 is 1.16 bits per heavy atom. The number of aryl methyl sites for hydroxylation is 1. The van der Waals surface area contributed by atoms with Crippen LogP contribution in [0.4, 0.5) is 0 Å². The minimum Gasteiger partial charge on any atom is -0.497 e. The Labute approximate surface area is 111 Å². The van der Waals surface area contributed by atoms with Crippen molar-refractivity contribution in [1.29, 1.82) is 0 Å². The van der Waals surface area contributed by atoms with Gasteiger partial charge in [0.15, 0.2) is 5.78 Å². The molecule has 0 saturated carbocycles. The van der Waals surface area contributed by atoms with Crippen LogP contribution >= 0.6 is 0 Å². The molecule has 0 fully saturated rings. The van der Waals surface area contributed by atoms with Gasteiger partial charge < -0.3 is 13.9 Å². The third kappa shape index (κ3) is 2.62. The standard InChI is InChI=1S/C15H16O4/c1-4-14-13(5-6-19-14)15(16)10-7-11(17-2)9-12(8-10)18-3/h5-9H,4H2,1-3H3. The van der Waals surface area contributed by atoms with Gasteiger partial charge in [-0.3, -0.25) is 4.79 Å². The lowest BCUT2D eigenvalue weighted by Crippen LogP contribution is -2.03. The summed E-state index contributed by atoms with van der Waals surface area (Å²) in [7, 11) is 3.11. The summed E-state index contributed by atoms with van der Waals surface area (Å²) in [5.74, 6) is 1.77. The van der Waals surface area contributed by atoms with Gasteiger partial charge >= 0.3 is 0 Å². The van der Waals surface area contributed by atoms with E-state index >= 15 is 0 Å². The Morgan fingerprint density at radius 2 is 1.79 bits per heavy atom. The molecule has 2 aromatic rings. The van der Waals surface area contributed by atoms with Crippen LogP contribution in [0.25, 0.3) is 0 Å². The van der Waals surface area contributed by atoms with E-state index in [1.165, 1.54) is 6.26 Å². The minimum atomic E-state index is -0.0946. The summed E-state index contributed by atoms with van der Waals surface area (Å²) in [4.78, 5) is 12.5. The SMILES string of the molecule is CCc1occc1C(=O)c1cc(OC)cc(OC)c1. The molecular weight excluding hydrogens is 244 g/mol. The summed E-state index contributed by atoms with van der Waals surface area (Å²) in [5.41, 5.74) is 1.10. The molecule has 0 amide bonds. The lowest BCUT2D eigenvalue weighted by molar-refractivity contribution is 0.103. The molecule has 4 heteroatoms. The fourth-order valence-electron chi connectivity index (χ4n) is 1.91. The number of rotatable bonds is 5. The number of carbonyl (C=O) groups is 1. The molecule has 1 aromatic carbocycles. The topological polar surface area (TPSA) is 48.7 Å². The van der Waals surface area contributed by atoms with Crippen LogP contribution in [0.15, 0.2) is 34.9 Å². The Balaban J connectivity index is 2.43. The number of hydrogen-bond donors (Lipinski definition) is 0. The first kappa shape index (κ1) is 13.2. The first-order valence-electron chi connectivity index (χ1n) is 6.03. The predicted octanol–water partition coefficient (Wildman–Crippen LogP) is 3.09. The highest BCUT2D eigenvalue weighted by Crippen LogP contribution is 2.25. The van der Waals surface area contributed by atoms with Crippen molar-refractivity contribution in [2.24, 2.45) is 0 Å². The van der Waals surface area contributed by atoms with E-state index in [-0.39, 0.29) is 5.78 Å². The largest absolute Gasteiger partial charge is 0.497 e. The quantitative estimate of drug-likeness (QED) is 0.775. The third-order valence-corrected chi connectivity index (χ3v) is 2.92. The zero-order chi connectivity index (χ0) is 13.8. The van der Waals surface area contributed by atoms with E-state index in [4.69, 9.17) is 13.9 Å². The molecule has 0 saturated heterocycles. The van der Waals surface area contributed by atoms with Crippen molar-refractivity contribution in [3.8, 4) is 11.5 Å². The molecule has 2 rings (SSSR count). The average Bonchev–Trinajstić information content (AvgIpc) is 2.94. The second kappa shape index (κ2) is 5.61. The van der Waals surface area contributed by atoms with Gasteiger partial charge in [0.1, 0.15) is 17.3 Å². The molecular formula is C15H16O4. The van der Waals surface area contributed by atoms with Gasteiger partial charge in [-0.15, -0.1) is 0 Å². The minimum absolute atomic E-state index is 0.0946. The number of carbonyl (C=O) groups excluding carboxylic acids is 1. The highest BCUT2D eigenvalue weighted by molar-refractivity contribution is 6.10. The molecule has 1 aromatic heterocycles. The van der Waals surface area contributed by atoms with Crippen LogP contribution in [0.1, 0.15) is 28.6 Å². The van der Waals surface area contributed by atoms with E-state index in [0.717, 1.165) is 0 Å². The van der Waals surface area contributed by atoms with Gasteiger partial charge in [-0.05, 0) is 18.2 Å². The van der Waals surface area contributed by atoms with Gasteiger partial charge in [-0.1, -0.05) is 6.92 Å². The zero-order valence-corrected chi connectivity index (χ0v) is 11.2. The number of ether oxygens (including phenoxy) is 2. The summed E-state index contributed by atoms with van der Waals surface area (Å²) >= 11 is 0. The van der Waals surface area contributed by atoms with E-state index < -0.39 is 0 Å². The maximum atomic E-state index is 12.5. The molecule has 100 valence electrons. The van der Waals surface area contributed by atoms with Gasteiger partial charge in [-0.25, -0.2) is 0 Å². The Bertz CT molecular complexity index is 561. The fourth-order valence-corrected chi connectivity index (χ4v) is 1.91. The van der Waals surface area contributed by atoms with Crippen LogP contribution in [0.2, 0.25) is 0 Å². The first-order chi connectivity index (χ1) is 9.19. The van der Waals surface area contributed by atoms with Crippen LogP contribution in [0, 0.1) is 0 Å². The van der Waals surface area contributed by atoms with Crippen molar-refractivity contribution in [3.05, 3.63) is 47.4 Å². The number of furan rings is 1. The molecule has 0 aliphatic heterocycles. The summed E-state index contributed by atoms with van der Waals surface area (Å²) in [6.07, 6.45) is 2.21. The van der Waals surface area contributed by atoms with Crippen LogP contribution in [0.3, 0.4) is 0 Å². The molecule has 19 heavy (non-hydrogen) atoms. The molecule has 0 aliphatic carbocycles. The van der Waals surface area contributed by atoms with Crippen molar-refractivity contribution < 1.29 is 18.7 Å². The monoisotopic (exact) mass is 260 g/mol. The van der Waals surface area contributed by atoms with Crippen LogP contribution in [-0.2, 0) is 6.42 Å². The normalized spacial score (nSPS) is 10.3. The third-order valence-electron chi connectivity index (χ3n) is 2.92. The molecule has 4 nitrogen and oxygen atoms in total. The lowest BCUT2D eigenvalue weighted by atomic mass is 10.0. The predicted molar refractivity (Wildman–Crippen MR) is 71.1 cm³/mol. The summed E-state index contributed by atoms with van der Waals surface area (Å²) < 4.78 is 15.6. The van der Waals surface area contributed by atoms with E-state index in [9.17, 15) is 4.79 Å². The number of methoxy groups -OCH3 is 2. The van der Waals surface area contributed by atoms with E-state index in [1.807, 2.05) is 6.92 Å². The molecule has 0 aliphatic rings. The molecule has 1 heterocycles. The van der Waals surface area contributed by atoms with Gasteiger partial charge in [0, 0.05) is 18.1 Å². The Morgan fingerprint density at radius 3 is 2.32 bits per heavy atom. The Kier molecular flexibility index (Phi) is 3.90. The smallest absolute Gasteiger partial charge is 0.196 e. The van der Waals surface area contributed by atoms with Crippen molar-refractivity contribution in [3.63, 3.8) is 0 Å². The maximum absolute atomic E-state index is 12.5. The number of benzene rings is 1. The van der Waals surface area contributed by atoms with Crippen LogP contribution in [-0.4, -0.2) is 20.0 Å². The number of hydrogen-bond acceptors (Lipinski definition) is 4. The van der Waals surface area contributed by atoms with Gasteiger partial charge in [0.25, 0.3) is 0 Å². The zero-order valence-electron chi connectivity index (χ0n) is 11.2. The number of ketones is 1. The summed E-state index contributed by atoms with van der Waals surface area (Å²) in [6, 6.07) is 6.80. The molecule has 0 spiro atoms. The van der Waals surface area contributed by atoms with Crippen molar-refractivity contribution in [1.82, 2.24) is 0 Å². The second-order valence-electron chi connectivity index (χ2n) is 4.04.